The number of rotatable bonds is 1. The highest BCUT2D eigenvalue weighted by Crippen LogP contribution is 2.31. The van der Waals surface area contributed by atoms with Crippen molar-refractivity contribution in [3.63, 3.8) is 0 Å². The molecule has 0 saturated carbocycles. The Bertz CT molecular complexity index is 549. The van der Waals surface area contributed by atoms with Crippen molar-refractivity contribution in [3.8, 4) is 11.5 Å². The van der Waals surface area contributed by atoms with Crippen LogP contribution in [0.4, 0.5) is 0 Å². The molecular formula is C11H12N2O2. The number of para-hydroxylation sites is 2. The Morgan fingerprint density at radius 1 is 1.53 bits per heavy atom. The summed E-state index contributed by atoms with van der Waals surface area (Å²) in [5.74, 6) is 1.25. The minimum Gasteiger partial charge on any atom is -0.485 e. The molecule has 2 aliphatic rings. The Kier molecular flexibility index (Phi) is 1.24. The molecule has 1 aromatic rings. The summed E-state index contributed by atoms with van der Waals surface area (Å²) in [5.41, 5.74) is 0. The van der Waals surface area contributed by atoms with E-state index in [0.29, 0.717) is 17.5 Å². The van der Waals surface area contributed by atoms with Crippen LogP contribution in [0.15, 0.2) is 29.2 Å². The van der Waals surface area contributed by atoms with Gasteiger partial charge in [0.2, 0.25) is 0 Å². The van der Waals surface area contributed by atoms with Gasteiger partial charge in [-0.3, -0.25) is 4.99 Å². The average molecular weight is 208 g/mol. The maximum Gasteiger partial charge on any atom is 0.189 e. The molecule has 2 atom stereocenters. The lowest BCUT2D eigenvalue weighted by atomic mass is 10.2. The third kappa shape index (κ3) is 1.52. The molecule has 2 aliphatic heterocycles. The lowest BCUT2D eigenvalue weighted by molar-refractivity contribution is 0.133. The minimum atomic E-state index is -1.96. The predicted molar refractivity (Wildman–Crippen MR) is 56.7 cm³/mol. The van der Waals surface area contributed by atoms with Gasteiger partial charge in [-0.05, 0) is 12.1 Å². The van der Waals surface area contributed by atoms with Crippen LogP contribution < -0.4 is 14.8 Å². The Morgan fingerprint density at radius 3 is 3.40 bits per heavy atom. The van der Waals surface area contributed by atoms with E-state index in [1.54, 1.807) is 12.1 Å². The van der Waals surface area contributed by atoms with E-state index in [9.17, 15) is 0 Å². The number of ether oxygens (including phenoxy) is 2. The summed E-state index contributed by atoms with van der Waals surface area (Å²) in [7, 11) is 0. The summed E-state index contributed by atoms with van der Waals surface area (Å²) in [6.07, 6.45) is -0.584. The Balaban J connectivity index is 1.83. The standard InChI is InChI=1S/C11H12N2O2/c1-2-4-9-8(3-1)14-7-10(15-9)11-12-5-6-13-11/h1-4,10H,5-7H2,(H,12,13)/i2D,5D,6D2/t5-,10?/m0/s1. The third-order valence-corrected chi connectivity index (χ3v) is 2.22. The SMILES string of the molecule is [2H]c1ccc2c(c1)OC(C1=NC([2H])([2H])[C@H]([2H])N1)CO2. The van der Waals surface area contributed by atoms with Crippen molar-refractivity contribution in [1.82, 2.24) is 5.32 Å². The molecule has 0 spiro atoms. The second kappa shape index (κ2) is 3.46. The van der Waals surface area contributed by atoms with E-state index in [-0.39, 0.29) is 12.4 Å². The normalized spacial score (nSPS) is 35.3. The first kappa shape index (κ1) is 5.39. The fraction of sp³-hybridized carbons (Fsp3) is 0.364. The van der Waals surface area contributed by atoms with E-state index in [2.05, 4.69) is 10.3 Å². The lowest BCUT2D eigenvalue weighted by Gasteiger charge is -2.26. The Hall–Kier alpha value is -1.71. The zero-order chi connectivity index (χ0) is 13.6. The maximum absolute atomic E-state index is 7.54. The second-order valence-corrected chi connectivity index (χ2v) is 3.21. The van der Waals surface area contributed by atoms with Gasteiger partial charge in [-0.2, -0.15) is 0 Å². The molecule has 0 fully saturated rings. The van der Waals surface area contributed by atoms with Gasteiger partial charge in [0.1, 0.15) is 12.4 Å². The first-order valence-corrected chi connectivity index (χ1v) is 4.64. The topological polar surface area (TPSA) is 42.8 Å². The van der Waals surface area contributed by atoms with Crippen molar-refractivity contribution >= 4 is 5.84 Å². The van der Waals surface area contributed by atoms with Gasteiger partial charge in [0.15, 0.2) is 17.6 Å². The quantitative estimate of drug-likeness (QED) is 0.743. The molecule has 2 heterocycles. The average Bonchev–Trinajstić information content (AvgIpc) is 2.63. The third-order valence-electron chi connectivity index (χ3n) is 2.22. The van der Waals surface area contributed by atoms with Gasteiger partial charge < -0.3 is 14.8 Å². The largest absolute Gasteiger partial charge is 0.485 e. The van der Waals surface area contributed by atoms with E-state index in [4.69, 9.17) is 15.0 Å². The van der Waals surface area contributed by atoms with Crippen LogP contribution in [0.3, 0.4) is 0 Å². The molecule has 0 aromatic heterocycles. The number of aliphatic imine (C=N–C) groups is 1. The summed E-state index contributed by atoms with van der Waals surface area (Å²) in [6.45, 7) is -2.91. The molecule has 4 heteroatoms. The van der Waals surface area contributed by atoms with Gasteiger partial charge in [0, 0.05) is 6.52 Å². The van der Waals surface area contributed by atoms with Crippen LogP contribution in [0, 0.1) is 0 Å². The van der Waals surface area contributed by atoms with Crippen LogP contribution in [0.25, 0.3) is 0 Å². The zero-order valence-corrected chi connectivity index (χ0v) is 7.86. The lowest BCUT2D eigenvalue weighted by Crippen LogP contribution is -2.42. The number of hydrogen-bond donors (Lipinski definition) is 1. The van der Waals surface area contributed by atoms with E-state index in [1.807, 2.05) is 0 Å². The van der Waals surface area contributed by atoms with Crippen molar-refractivity contribution in [2.75, 3.05) is 19.6 Å². The summed E-state index contributed by atoms with van der Waals surface area (Å²) >= 11 is 0. The van der Waals surface area contributed by atoms with Crippen LogP contribution in [0.5, 0.6) is 11.5 Å². The number of fused-ring (bicyclic) bond motifs is 1. The van der Waals surface area contributed by atoms with Crippen LogP contribution in [0.1, 0.15) is 5.48 Å². The Labute approximate surface area is 93.5 Å². The van der Waals surface area contributed by atoms with Gasteiger partial charge in [-0.25, -0.2) is 0 Å². The highest BCUT2D eigenvalue weighted by Gasteiger charge is 2.26. The number of nitrogens with one attached hydrogen (secondary N) is 1. The molecule has 0 saturated heterocycles. The molecule has 4 nitrogen and oxygen atoms in total. The molecule has 1 N–H and O–H groups in total. The number of hydrogen-bond acceptors (Lipinski definition) is 4. The number of amidine groups is 1. The number of nitrogens with zero attached hydrogens (tertiary/aromatic N) is 1. The van der Waals surface area contributed by atoms with Crippen LogP contribution in [0.2, 0.25) is 0 Å². The predicted octanol–water partition coefficient (Wildman–Crippen LogP) is 0.828. The van der Waals surface area contributed by atoms with E-state index in [1.165, 1.54) is 6.07 Å². The van der Waals surface area contributed by atoms with Gasteiger partial charge in [0.05, 0.1) is 12.0 Å². The smallest absolute Gasteiger partial charge is 0.189 e. The highest BCUT2D eigenvalue weighted by atomic mass is 16.6. The molecular weight excluding hydrogens is 192 g/mol. The highest BCUT2D eigenvalue weighted by molar-refractivity contribution is 5.88. The van der Waals surface area contributed by atoms with E-state index in [0.717, 1.165) is 0 Å². The van der Waals surface area contributed by atoms with E-state index >= 15 is 0 Å². The van der Waals surface area contributed by atoms with Crippen molar-refractivity contribution < 1.29 is 15.0 Å². The first-order chi connectivity index (χ1) is 8.95. The second-order valence-electron chi connectivity index (χ2n) is 3.21. The molecule has 15 heavy (non-hydrogen) atoms. The van der Waals surface area contributed by atoms with Crippen LogP contribution in [-0.4, -0.2) is 31.6 Å². The fourth-order valence-electron chi connectivity index (χ4n) is 1.50. The fourth-order valence-corrected chi connectivity index (χ4v) is 1.50. The molecule has 0 aliphatic carbocycles. The molecule has 1 aromatic carbocycles. The summed E-state index contributed by atoms with van der Waals surface area (Å²) in [5, 5.41) is 2.65. The molecule has 3 rings (SSSR count). The first-order valence-electron chi connectivity index (χ1n) is 6.72. The summed E-state index contributed by atoms with van der Waals surface area (Å²) < 4.78 is 41.3. The van der Waals surface area contributed by atoms with Crippen molar-refractivity contribution in [3.05, 3.63) is 24.2 Å². The summed E-state index contributed by atoms with van der Waals surface area (Å²) in [6, 6.07) is 5.10. The van der Waals surface area contributed by atoms with E-state index < -0.39 is 19.1 Å². The van der Waals surface area contributed by atoms with Gasteiger partial charge in [-0.1, -0.05) is 12.1 Å². The Morgan fingerprint density at radius 2 is 2.53 bits per heavy atom. The van der Waals surface area contributed by atoms with Crippen molar-refractivity contribution in [2.24, 2.45) is 4.99 Å². The van der Waals surface area contributed by atoms with Crippen LogP contribution >= 0.6 is 0 Å². The maximum atomic E-state index is 7.54. The van der Waals surface area contributed by atoms with Gasteiger partial charge >= 0.3 is 0 Å². The van der Waals surface area contributed by atoms with Crippen molar-refractivity contribution in [1.29, 1.82) is 0 Å². The molecule has 0 radical (unpaired) electrons. The van der Waals surface area contributed by atoms with Crippen LogP contribution in [-0.2, 0) is 0 Å². The van der Waals surface area contributed by atoms with Gasteiger partial charge in [0.25, 0.3) is 0 Å². The monoisotopic (exact) mass is 208 g/mol. The van der Waals surface area contributed by atoms with Crippen molar-refractivity contribution in [2.45, 2.75) is 6.10 Å². The molecule has 1 unspecified atom stereocenters. The summed E-state index contributed by atoms with van der Waals surface area (Å²) in [4.78, 5) is 3.82. The number of benzene rings is 1. The molecule has 0 bridgehead atoms. The minimum absolute atomic E-state index is 0.193. The zero-order valence-electron chi connectivity index (χ0n) is 11.9. The molecule has 78 valence electrons. The molecule has 0 amide bonds. The van der Waals surface area contributed by atoms with Gasteiger partial charge in [-0.15, -0.1) is 0 Å².